The van der Waals surface area contributed by atoms with E-state index in [9.17, 15) is 4.39 Å². The fourth-order valence-electron chi connectivity index (χ4n) is 2.86. The highest BCUT2D eigenvalue weighted by molar-refractivity contribution is 6.31. The Hall–Kier alpha value is -1.42. The predicted molar refractivity (Wildman–Crippen MR) is 78.9 cm³/mol. The SMILES string of the molecule is NCC(c1c(F)cccc1Cl)N1Cc2ccccc2C1. The summed E-state index contributed by atoms with van der Waals surface area (Å²) in [6, 6.07) is 12.8. The van der Waals surface area contributed by atoms with Crippen LogP contribution in [0.1, 0.15) is 22.7 Å². The van der Waals surface area contributed by atoms with Gasteiger partial charge in [-0.25, -0.2) is 4.39 Å². The number of nitrogens with two attached hydrogens (primary N) is 1. The van der Waals surface area contributed by atoms with Crippen molar-refractivity contribution in [3.05, 3.63) is 70.0 Å². The molecule has 0 amide bonds. The monoisotopic (exact) mass is 290 g/mol. The lowest BCUT2D eigenvalue weighted by Gasteiger charge is -2.27. The molecule has 0 bridgehead atoms. The lowest BCUT2D eigenvalue weighted by molar-refractivity contribution is 0.201. The third-order valence-electron chi connectivity index (χ3n) is 3.86. The summed E-state index contributed by atoms with van der Waals surface area (Å²) in [6.45, 7) is 1.90. The molecule has 104 valence electrons. The number of hydrogen-bond acceptors (Lipinski definition) is 2. The number of nitrogens with zero attached hydrogens (tertiary/aromatic N) is 1. The Bertz CT molecular complexity index is 584. The lowest BCUT2D eigenvalue weighted by atomic mass is 10.0. The Morgan fingerprint density at radius 3 is 2.30 bits per heavy atom. The molecule has 0 spiro atoms. The predicted octanol–water partition coefficient (Wildman–Crippen LogP) is 3.49. The van der Waals surface area contributed by atoms with Gasteiger partial charge in [0.05, 0.1) is 6.04 Å². The van der Waals surface area contributed by atoms with Crippen molar-refractivity contribution < 1.29 is 4.39 Å². The first-order valence-electron chi connectivity index (χ1n) is 6.65. The molecule has 1 heterocycles. The molecule has 2 N–H and O–H groups in total. The van der Waals surface area contributed by atoms with Crippen molar-refractivity contribution in [1.29, 1.82) is 0 Å². The van der Waals surface area contributed by atoms with Gasteiger partial charge in [-0.2, -0.15) is 0 Å². The molecule has 0 saturated carbocycles. The molecule has 2 nitrogen and oxygen atoms in total. The van der Waals surface area contributed by atoms with E-state index in [1.54, 1.807) is 12.1 Å². The van der Waals surface area contributed by atoms with Crippen molar-refractivity contribution >= 4 is 11.6 Å². The molecule has 2 aromatic carbocycles. The molecule has 0 radical (unpaired) electrons. The van der Waals surface area contributed by atoms with Gasteiger partial charge in [0, 0.05) is 30.2 Å². The van der Waals surface area contributed by atoms with E-state index < -0.39 is 0 Å². The average molecular weight is 291 g/mol. The van der Waals surface area contributed by atoms with Gasteiger partial charge in [0.1, 0.15) is 5.82 Å². The van der Waals surface area contributed by atoms with Crippen LogP contribution in [0.4, 0.5) is 4.39 Å². The van der Waals surface area contributed by atoms with Gasteiger partial charge in [-0.15, -0.1) is 0 Å². The Balaban J connectivity index is 1.93. The van der Waals surface area contributed by atoms with E-state index in [0.29, 0.717) is 17.1 Å². The molecule has 3 rings (SSSR count). The summed E-state index contributed by atoms with van der Waals surface area (Å²) in [5.74, 6) is -0.288. The van der Waals surface area contributed by atoms with E-state index in [0.717, 1.165) is 13.1 Å². The van der Waals surface area contributed by atoms with Crippen molar-refractivity contribution in [2.24, 2.45) is 5.73 Å². The standard InChI is InChI=1S/C16H16ClFN2/c17-13-6-3-7-14(18)16(13)15(8-19)20-9-11-4-1-2-5-12(11)10-20/h1-7,15H,8-10,19H2. The summed E-state index contributed by atoms with van der Waals surface area (Å²) in [5.41, 5.74) is 8.95. The molecule has 0 saturated heterocycles. The van der Waals surface area contributed by atoms with Crippen LogP contribution < -0.4 is 5.73 Å². The summed E-state index contributed by atoms with van der Waals surface area (Å²) in [4.78, 5) is 2.18. The molecule has 1 aliphatic heterocycles. The minimum absolute atomic E-state index is 0.198. The Morgan fingerprint density at radius 2 is 1.75 bits per heavy atom. The van der Waals surface area contributed by atoms with Crippen molar-refractivity contribution in [2.75, 3.05) is 6.54 Å². The first kappa shape index (κ1) is 13.6. The van der Waals surface area contributed by atoms with E-state index in [4.69, 9.17) is 17.3 Å². The average Bonchev–Trinajstić information content (AvgIpc) is 2.86. The molecule has 1 atom stereocenters. The van der Waals surface area contributed by atoms with Gasteiger partial charge < -0.3 is 5.73 Å². The van der Waals surface area contributed by atoms with E-state index >= 15 is 0 Å². The molecule has 20 heavy (non-hydrogen) atoms. The second kappa shape index (κ2) is 5.52. The van der Waals surface area contributed by atoms with Crippen LogP contribution in [0.3, 0.4) is 0 Å². The highest BCUT2D eigenvalue weighted by Gasteiger charge is 2.28. The summed E-state index contributed by atoms with van der Waals surface area (Å²) < 4.78 is 14.1. The van der Waals surface area contributed by atoms with Crippen LogP contribution in [-0.4, -0.2) is 11.4 Å². The largest absolute Gasteiger partial charge is 0.329 e. The van der Waals surface area contributed by atoms with Gasteiger partial charge >= 0.3 is 0 Å². The maximum atomic E-state index is 14.1. The van der Waals surface area contributed by atoms with E-state index in [1.165, 1.54) is 17.2 Å². The van der Waals surface area contributed by atoms with Gasteiger partial charge in [-0.3, -0.25) is 4.90 Å². The van der Waals surface area contributed by atoms with Gasteiger partial charge in [0.25, 0.3) is 0 Å². The molecule has 1 unspecified atom stereocenters. The lowest BCUT2D eigenvalue weighted by Crippen LogP contribution is -2.30. The van der Waals surface area contributed by atoms with Crippen molar-refractivity contribution in [2.45, 2.75) is 19.1 Å². The fourth-order valence-corrected chi connectivity index (χ4v) is 3.15. The Labute approximate surface area is 123 Å². The van der Waals surface area contributed by atoms with Crippen LogP contribution >= 0.6 is 11.6 Å². The number of rotatable bonds is 3. The van der Waals surface area contributed by atoms with Crippen LogP contribution in [0, 0.1) is 5.82 Å². The van der Waals surface area contributed by atoms with Crippen LogP contribution in [0.15, 0.2) is 42.5 Å². The van der Waals surface area contributed by atoms with E-state index in [2.05, 4.69) is 17.0 Å². The maximum absolute atomic E-state index is 14.1. The second-order valence-electron chi connectivity index (χ2n) is 5.06. The topological polar surface area (TPSA) is 29.3 Å². The van der Waals surface area contributed by atoms with Crippen LogP contribution in [0.5, 0.6) is 0 Å². The summed E-state index contributed by atoms with van der Waals surface area (Å²) >= 11 is 6.17. The van der Waals surface area contributed by atoms with Crippen molar-refractivity contribution in [1.82, 2.24) is 4.90 Å². The molecule has 0 aromatic heterocycles. The molecule has 4 heteroatoms. The van der Waals surface area contributed by atoms with Gasteiger partial charge in [0.2, 0.25) is 0 Å². The first-order chi connectivity index (χ1) is 9.70. The minimum Gasteiger partial charge on any atom is -0.329 e. The smallest absolute Gasteiger partial charge is 0.129 e. The fraction of sp³-hybridized carbons (Fsp3) is 0.250. The minimum atomic E-state index is -0.288. The van der Waals surface area contributed by atoms with Crippen molar-refractivity contribution in [3.8, 4) is 0 Å². The van der Waals surface area contributed by atoms with Gasteiger partial charge in [-0.05, 0) is 23.3 Å². The zero-order valence-electron chi connectivity index (χ0n) is 11.0. The highest BCUT2D eigenvalue weighted by Crippen LogP contribution is 2.34. The molecular formula is C16H16ClFN2. The molecule has 0 fully saturated rings. The maximum Gasteiger partial charge on any atom is 0.129 e. The molecule has 2 aromatic rings. The quantitative estimate of drug-likeness (QED) is 0.937. The third-order valence-corrected chi connectivity index (χ3v) is 4.19. The Morgan fingerprint density at radius 1 is 1.10 bits per heavy atom. The number of halogens is 2. The third kappa shape index (κ3) is 2.33. The zero-order chi connectivity index (χ0) is 14.1. The summed E-state index contributed by atoms with van der Waals surface area (Å²) in [7, 11) is 0. The molecule has 1 aliphatic rings. The highest BCUT2D eigenvalue weighted by atomic mass is 35.5. The van der Waals surface area contributed by atoms with Crippen LogP contribution in [0.25, 0.3) is 0 Å². The van der Waals surface area contributed by atoms with Gasteiger partial charge in [0.15, 0.2) is 0 Å². The molecular weight excluding hydrogens is 275 g/mol. The van der Waals surface area contributed by atoms with Gasteiger partial charge in [-0.1, -0.05) is 41.9 Å². The number of fused-ring (bicyclic) bond motifs is 1. The van der Waals surface area contributed by atoms with E-state index in [1.807, 2.05) is 12.1 Å². The Kier molecular flexibility index (Phi) is 3.74. The van der Waals surface area contributed by atoms with E-state index in [-0.39, 0.29) is 11.9 Å². The van der Waals surface area contributed by atoms with Crippen LogP contribution in [0.2, 0.25) is 5.02 Å². The zero-order valence-corrected chi connectivity index (χ0v) is 11.8. The molecule has 0 aliphatic carbocycles. The first-order valence-corrected chi connectivity index (χ1v) is 7.03. The van der Waals surface area contributed by atoms with Crippen LogP contribution in [-0.2, 0) is 13.1 Å². The number of benzene rings is 2. The summed E-state index contributed by atoms with van der Waals surface area (Å²) in [5, 5.41) is 0.441. The second-order valence-corrected chi connectivity index (χ2v) is 5.47. The summed E-state index contributed by atoms with van der Waals surface area (Å²) in [6.07, 6.45) is 0. The number of hydrogen-bond donors (Lipinski definition) is 1. The normalized spacial score (nSPS) is 16.1. The van der Waals surface area contributed by atoms with Crippen molar-refractivity contribution in [3.63, 3.8) is 0 Å².